The van der Waals surface area contributed by atoms with Gasteiger partial charge in [0.25, 0.3) is 0 Å². The molecule has 0 spiro atoms. The predicted octanol–water partition coefficient (Wildman–Crippen LogP) is -1.36. The van der Waals surface area contributed by atoms with E-state index < -0.39 is 0 Å². The van der Waals surface area contributed by atoms with E-state index >= 15 is 0 Å². The van der Waals surface area contributed by atoms with Crippen LogP contribution in [0.4, 0.5) is 0 Å². The van der Waals surface area contributed by atoms with Crippen molar-refractivity contribution in [1.82, 2.24) is 0 Å². The molecule has 6 heteroatoms. The molecule has 0 aromatic heterocycles. The summed E-state index contributed by atoms with van der Waals surface area (Å²) in [5.74, 6) is 0. The molecule has 0 aliphatic heterocycles. The fourth-order valence-corrected chi connectivity index (χ4v) is 0. The van der Waals surface area contributed by atoms with Gasteiger partial charge in [-0.25, -0.2) is 0 Å². The van der Waals surface area contributed by atoms with Crippen LogP contribution in [-0.2, 0) is 32.7 Å². The minimum Gasteiger partial charge on any atom is -2.00 e. The first-order valence-electron chi connectivity index (χ1n) is 0.333. The zero-order chi connectivity index (χ0) is 2.71. The van der Waals surface area contributed by atoms with Gasteiger partial charge in [-0.1, -0.05) is 10.2 Å². The van der Waals surface area contributed by atoms with E-state index in [1.54, 1.807) is 4.75 Å². The van der Waals surface area contributed by atoms with E-state index in [-0.39, 0.29) is 32.7 Å². The van der Waals surface area contributed by atoms with Crippen molar-refractivity contribution in [3.8, 4) is 0 Å². The van der Waals surface area contributed by atoms with Crippen LogP contribution in [0.1, 0.15) is 0 Å². The van der Waals surface area contributed by atoms with Crippen molar-refractivity contribution < 1.29 is 37.9 Å². The van der Waals surface area contributed by atoms with Crippen LogP contribution in [0.5, 0.6) is 0 Å². The third-order valence-electron chi connectivity index (χ3n) is 0. The molecule has 0 atom stereocenters. The second-order valence-electron chi connectivity index (χ2n) is 0.0680. The molecule has 34 valence electrons. The van der Waals surface area contributed by atoms with Gasteiger partial charge >= 0.3 is 21.7 Å². The van der Waals surface area contributed by atoms with Gasteiger partial charge in [0, 0.05) is 0 Å². The van der Waals surface area contributed by atoms with Crippen molar-refractivity contribution in [3.63, 3.8) is 0 Å². The van der Waals surface area contributed by atoms with Gasteiger partial charge in [0.1, 0.15) is 0 Å². The summed E-state index contributed by atoms with van der Waals surface area (Å²) in [4.78, 5) is 7.88. The molecule has 0 unspecified atom stereocenters. The maximum atomic E-state index is 7.88. The second kappa shape index (κ2) is 76.6. The molecule has 0 rings (SSSR count). The zero-order valence-electron chi connectivity index (χ0n) is 2.54. The molecule has 0 aromatic carbocycles. The van der Waals surface area contributed by atoms with E-state index in [2.05, 4.69) is 0 Å². The number of rotatable bonds is 0. The van der Waals surface area contributed by atoms with Gasteiger partial charge in [-0.3, -0.25) is 0 Å². The second-order valence-corrected chi connectivity index (χ2v) is 0.0680. The Balaban J connectivity index is -0.00000000667. The molecule has 0 N–H and O–H groups in total. The van der Waals surface area contributed by atoms with E-state index in [1.807, 2.05) is 0 Å². The molecule has 0 aromatic rings. The average molecular weight is 128 g/mol. The number of hydrogen-bond acceptors (Lipinski definition) is 2. The first kappa shape index (κ1) is 37.0. The SMILES string of the molecule is O=[O+][O-].[O-2].[O-2].[Ti+4]. The quantitative estimate of drug-likeness (QED) is 0.173. The normalized spacial score (nSPS) is 2.00. The van der Waals surface area contributed by atoms with Gasteiger partial charge < -0.3 is 11.0 Å². The first-order chi connectivity index (χ1) is 1.41. The van der Waals surface area contributed by atoms with E-state index in [0.717, 1.165) is 0 Å². The minimum atomic E-state index is 0. The van der Waals surface area contributed by atoms with Crippen molar-refractivity contribution in [2.24, 2.45) is 0 Å². The molecule has 0 amide bonds. The van der Waals surface area contributed by atoms with Gasteiger partial charge in [0.2, 0.25) is 0 Å². The molecular weight excluding hydrogens is 128 g/mol. The van der Waals surface area contributed by atoms with E-state index in [1.165, 1.54) is 0 Å². The van der Waals surface area contributed by atoms with Crippen molar-refractivity contribution >= 4 is 0 Å². The molecule has 0 saturated carbocycles. The maximum Gasteiger partial charge on any atom is 4.00 e. The van der Waals surface area contributed by atoms with Crippen LogP contribution in [0, 0.1) is 9.71 Å². The third-order valence-corrected chi connectivity index (χ3v) is 0. The molecule has 5 nitrogen and oxygen atoms in total. The Bertz CT molecular complexity index is 11.4. The fourth-order valence-electron chi connectivity index (χ4n) is 0. The molecule has 0 aliphatic carbocycles. The Hall–Kier alpha value is 0.0343. The van der Waals surface area contributed by atoms with Crippen LogP contribution in [-0.4, -0.2) is 0 Å². The van der Waals surface area contributed by atoms with Crippen molar-refractivity contribution in [3.05, 3.63) is 9.71 Å². The monoisotopic (exact) mass is 128 g/mol. The van der Waals surface area contributed by atoms with Gasteiger partial charge in [-0.15, -0.1) is 0 Å². The molecule has 0 bridgehead atoms. The topological polar surface area (TPSA) is 108 Å². The smallest absolute Gasteiger partial charge is 2.00 e. The van der Waals surface area contributed by atoms with E-state index in [4.69, 9.17) is 10.2 Å². The molecular formula is O5Ti. The van der Waals surface area contributed by atoms with Crippen molar-refractivity contribution in [2.75, 3.05) is 0 Å². The summed E-state index contributed by atoms with van der Waals surface area (Å²) < 4.78 is 1.75. The van der Waals surface area contributed by atoms with Crippen LogP contribution >= 0.6 is 0 Å². The Morgan fingerprint density at radius 1 is 1.33 bits per heavy atom. The summed E-state index contributed by atoms with van der Waals surface area (Å²) in [5, 5.41) is 7.88. The summed E-state index contributed by atoms with van der Waals surface area (Å²) in [6.45, 7) is 0. The molecule has 0 heterocycles. The maximum absolute atomic E-state index is 7.88. The molecule has 0 aliphatic rings. The average Bonchev–Trinajstić information content (AvgIpc) is 0.918. The fraction of sp³-hybridized carbons (Fsp3) is 0. The third kappa shape index (κ3) is 31600. The predicted molar refractivity (Wildman–Crippen MR) is 8.11 cm³/mol. The molecule has 6 heavy (non-hydrogen) atoms. The van der Waals surface area contributed by atoms with Gasteiger partial charge in [-0.2, -0.15) is 0 Å². The molecule has 0 fully saturated rings. The molecule has 0 radical (unpaired) electrons. The Labute approximate surface area is 48.3 Å². The Morgan fingerprint density at radius 3 is 1.33 bits per heavy atom. The summed E-state index contributed by atoms with van der Waals surface area (Å²) >= 11 is 0. The summed E-state index contributed by atoms with van der Waals surface area (Å²) in [6, 6.07) is 0. The van der Waals surface area contributed by atoms with Crippen LogP contribution in [0.25, 0.3) is 0 Å². The Morgan fingerprint density at radius 2 is 1.33 bits per heavy atom. The van der Waals surface area contributed by atoms with E-state index in [0.29, 0.717) is 0 Å². The van der Waals surface area contributed by atoms with E-state index in [9.17, 15) is 0 Å². The Kier molecular flexibility index (Phi) is 472. The minimum absolute atomic E-state index is 0. The summed E-state index contributed by atoms with van der Waals surface area (Å²) in [7, 11) is 0. The van der Waals surface area contributed by atoms with Crippen LogP contribution < -0.4 is 5.26 Å². The molecule has 0 saturated heterocycles. The van der Waals surface area contributed by atoms with Crippen LogP contribution in [0.2, 0.25) is 0 Å². The van der Waals surface area contributed by atoms with Gasteiger partial charge in [-0.05, 0) is 0 Å². The van der Waals surface area contributed by atoms with Crippen molar-refractivity contribution in [1.29, 1.82) is 0 Å². The standard InChI is InChI=1S/O3.2O.Ti/c1-3-2;;;/q;2*-2;+4. The van der Waals surface area contributed by atoms with Crippen LogP contribution in [0.3, 0.4) is 0 Å². The van der Waals surface area contributed by atoms with Crippen LogP contribution in [0.15, 0.2) is 0 Å². The zero-order valence-corrected chi connectivity index (χ0v) is 4.10. The summed E-state index contributed by atoms with van der Waals surface area (Å²) in [6.07, 6.45) is 0. The first-order valence-corrected chi connectivity index (χ1v) is 0.333. The summed E-state index contributed by atoms with van der Waals surface area (Å²) in [5.41, 5.74) is 0. The van der Waals surface area contributed by atoms with Gasteiger partial charge in [0.15, 0.2) is 4.75 Å². The van der Waals surface area contributed by atoms with Gasteiger partial charge in [0.05, 0.1) is 0 Å². The van der Waals surface area contributed by atoms with Crippen molar-refractivity contribution in [2.45, 2.75) is 0 Å². The number of hydrogen-bond donors (Lipinski definition) is 0. The largest absolute Gasteiger partial charge is 4.00 e.